The summed E-state index contributed by atoms with van der Waals surface area (Å²) in [6.45, 7) is 3.63. The predicted molar refractivity (Wildman–Crippen MR) is 172 cm³/mol. The van der Waals surface area contributed by atoms with E-state index in [1.807, 2.05) is 11.8 Å². The number of fused-ring (bicyclic) bond motifs is 3. The first-order chi connectivity index (χ1) is 22.7. The minimum atomic E-state index is -4.60. The highest BCUT2D eigenvalue weighted by Gasteiger charge is 2.47. The summed E-state index contributed by atoms with van der Waals surface area (Å²) in [6.07, 6.45) is -1.02. The van der Waals surface area contributed by atoms with Crippen molar-refractivity contribution in [2.24, 2.45) is 0 Å². The van der Waals surface area contributed by atoms with E-state index in [4.69, 9.17) is 11.6 Å². The molecule has 2 bridgehead atoms. The molecule has 17 heteroatoms. The second kappa shape index (κ2) is 12.2. The van der Waals surface area contributed by atoms with Gasteiger partial charge in [0.2, 0.25) is 11.3 Å². The minimum Gasteiger partial charge on any atom is -0.504 e. The van der Waals surface area contributed by atoms with Crippen LogP contribution in [0.2, 0.25) is 5.02 Å². The number of piperazine rings is 1. The van der Waals surface area contributed by atoms with Crippen LogP contribution in [0.15, 0.2) is 35.5 Å². The highest BCUT2D eigenvalue weighted by Crippen LogP contribution is 2.38. The maximum atomic E-state index is 14.2. The summed E-state index contributed by atoms with van der Waals surface area (Å²) < 4.78 is 41.0. The standard InChI is InChI=1S/C31H31ClF3N9O4/c1-5-21-26(42-11-18-9-17(42)12-43(18)30(48)25-27(46)15(2)37-14-38-25)28(47)24-29(36-10-22(40-24)41(3)4)44(21)13-23(45)39-20-7-6-16(8-19(20)32)31(33,34)35/h6-8,10,14,17-18,46H,5,9,11-13H2,1-4H3,(H,39,45)/t17-,18-/m0/s1. The number of nitrogens with one attached hydrogen (secondary N) is 1. The van der Waals surface area contributed by atoms with Crippen LogP contribution in [0.25, 0.3) is 11.2 Å². The summed E-state index contributed by atoms with van der Waals surface area (Å²) in [6, 6.07) is 2.11. The highest BCUT2D eigenvalue weighted by atomic mass is 35.5. The van der Waals surface area contributed by atoms with Gasteiger partial charge in [-0.05, 0) is 38.0 Å². The average Bonchev–Trinajstić information content (AvgIpc) is 3.65. The summed E-state index contributed by atoms with van der Waals surface area (Å²) in [7, 11) is 3.50. The third-order valence-electron chi connectivity index (χ3n) is 8.69. The number of nitrogens with zero attached hydrogens (tertiary/aromatic N) is 8. The minimum absolute atomic E-state index is 0.00852. The fourth-order valence-electron chi connectivity index (χ4n) is 6.34. The molecule has 2 saturated heterocycles. The molecule has 0 saturated carbocycles. The van der Waals surface area contributed by atoms with E-state index in [0.29, 0.717) is 36.6 Å². The zero-order chi connectivity index (χ0) is 34.7. The molecule has 2 aliphatic rings. The molecule has 2 atom stereocenters. The van der Waals surface area contributed by atoms with Gasteiger partial charge in [0.05, 0.1) is 34.2 Å². The van der Waals surface area contributed by atoms with Crippen LogP contribution >= 0.6 is 11.6 Å². The van der Waals surface area contributed by atoms with Crippen LogP contribution in [0, 0.1) is 6.92 Å². The summed E-state index contributed by atoms with van der Waals surface area (Å²) in [4.78, 5) is 63.3. The second-order valence-corrected chi connectivity index (χ2v) is 12.3. The molecule has 4 aromatic rings. The number of carbonyl (C=O) groups excluding carboxylic acids is 2. The van der Waals surface area contributed by atoms with Crippen LogP contribution in [-0.2, 0) is 23.9 Å². The van der Waals surface area contributed by atoms with Crippen LogP contribution in [0.4, 0.5) is 30.4 Å². The molecule has 2 N–H and O–H groups in total. The summed E-state index contributed by atoms with van der Waals surface area (Å²) >= 11 is 6.10. The summed E-state index contributed by atoms with van der Waals surface area (Å²) in [5, 5.41) is 12.7. The lowest BCUT2D eigenvalue weighted by Crippen LogP contribution is -2.50. The van der Waals surface area contributed by atoms with E-state index in [-0.39, 0.29) is 69.6 Å². The molecule has 1 aromatic carbocycles. The summed E-state index contributed by atoms with van der Waals surface area (Å²) in [5.41, 5.74) is -0.118. The predicted octanol–water partition coefficient (Wildman–Crippen LogP) is 3.64. The maximum absolute atomic E-state index is 14.2. The Morgan fingerprint density at radius 3 is 2.52 bits per heavy atom. The SMILES string of the molecule is CCc1c(N2C[C@@H]3C[C@H]2CN3C(=O)c2ncnc(C)c2O)c(=O)c2nc(N(C)C)cnc2n1CC(=O)Nc1ccc(C(F)(F)F)cc1Cl. The topological polar surface area (TPSA) is 150 Å². The van der Waals surface area contributed by atoms with Crippen molar-refractivity contribution in [3.05, 3.63) is 68.6 Å². The molecule has 2 amide bonds. The van der Waals surface area contributed by atoms with Gasteiger partial charge in [-0.25, -0.2) is 19.9 Å². The first-order valence-corrected chi connectivity index (χ1v) is 15.4. The lowest BCUT2D eigenvalue weighted by Gasteiger charge is -2.36. The number of aromatic nitrogens is 5. The molecule has 252 valence electrons. The maximum Gasteiger partial charge on any atom is 0.416 e. The molecule has 48 heavy (non-hydrogen) atoms. The van der Waals surface area contributed by atoms with Gasteiger partial charge < -0.3 is 29.7 Å². The number of amides is 2. The van der Waals surface area contributed by atoms with Crippen LogP contribution in [0.1, 0.15) is 40.8 Å². The van der Waals surface area contributed by atoms with Gasteiger partial charge in [-0.1, -0.05) is 18.5 Å². The molecule has 2 fully saturated rings. The van der Waals surface area contributed by atoms with E-state index in [2.05, 4.69) is 25.3 Å². The Bertz CT molecular complexity index is 2020. The lowest BCUT2D eigenvalue weighted by atomic mass is 10.1. The lowest BCUT2D eigenvalue weighted by molar-refractivity contribution is -0.137. The van der Waals surface area contributed by atoms with E-state index in [0.717, 1.165) is 18.2 Å². The third kappa shape index (κ3) is 5.73. The Labute approximate surface area is 277 Å². The van der Waals surface area contributed by atoms with Gasteiger partial charge in [0.25, 0.3) is 5.91 Å². The number of carbonyl (C=O) groups is 2. The fourth-order valence-corrected chi connectivity index (χ4v) is 6.57. The van der Waals surface area contributed by atoms with E-state index in [1.54, 1.807) is 35.4 Å². The van der Waals surface area contributed by atoms with Gasteiger partial charge in [0.1, 0.15) is 24.4 Å². The smallest absolute Gasteiger partial charge is 0.416 e. The number of alkyl halides is 3. The number of hydrogen-bond acceptors (Lipinski definition) is 10. The first-order valence-electron chi connectivity index (χ1n) is 15.0. The van der Waals surface area contributed by atoms with Crippen molar-refractivity contribution in [2.75, 3.05) is 42.3 Å². The third-order valence-corrected chi connectivity index (χ3v) is 9.00. The second-order valence-electron chi connectivity index (χ2n) is 11.9. The van der Waals surface area contributed by atoms with E-state index in [1.165, 1.54) is 12.5 Å². The van der Waals surface area contributed by atoms with Crippen molar-refractivity contribution in [1.29, 1.82) is 0 Å². The van der Waals surface area contributed by atoms with Gasteiger partial charge in [0.15, 0.2) is 22.6 Å². The van der Waals surface area contributed by atoms with E-state index in [9.17, 15) is 32.7 Å². The van der Waals surface area contributed by atoms with Gasteiger partial charge in [-0.15, -0.1) is 0 Å². The quantitative estimate of drug-likeness (QED) is 0.295. The molecule has 0 spiro atoms. The highest BCUT2D eigenvalue weighted by molar-refractivity contribution is 6.33. The van der Waals surface area contributed by atoms with Gasteiger partial charge in [0, 0.05) is 38.9 Å². The van der Waals surface area contributed by atoms with Gasteiger partial charge in [-0.2, -0.15) is 13.2 Å². The van der Waals surface area contributed by atoms with Crippen molar-refractivity contribution >= 4 is 51.8 Å². The number of hydrogen-bond donors (Lipinski definition) is 2. The van der Waals surface area contributed by atoms with Crippen LogP contribution in [0.5, 0.6) is 5.75 Å². The molecule has 13 nitrogen and oxygen atoms in total. The number of halogens is 4. The summed E-state index contributed by atoms with van der Waals surface area (Å²) in [5.74, 6) is -0.904. The Balaban J connectivity index is 1.36. The normalized spacial score (nSPS) is 17.3. The molecule has 3 aromatic heterocycles. The molecule has 2 aliphatic heterocycles. The van der Waals surface area contributed by atoms with E-state index >= 15 is 0 Å². The van der Waals surface area contributed by atoms with Crippen molar-refractivity contribution in [1.82, 2.24) is 29.4 Å². The van der Waals surface area contributed by atoms with Crippen LogP contribution in [-0.4, -0.2) is 85.6 Å². The molecule has 6 rings (SSSR count). The van der Waals surface area contributed by atoms with Crippen molar-refractivity contribution < 1.29 is 27.9 Å². The molecule has 0 radical (unpaired) electrons. The Kier molecular flexibility index (Phi) is 8.39. The Hall–Kier alpha value is -4.99. The number of aromatic hydroxyl groups is 1. The number of pyridine rings is 1. The first kappa shape index (κ1) is 32.9. The Morgan fingerprint density at radius 1 is 1.15 bits per heavy atom. The van der Waals surface area contributed by atoms with Gasteiger partial charge in [-0.3, -0.25) is 14.4 Å². The number of likely N-dealkylation sites (tertiary alicyclic amines) is 1. The number of rotatable bonds is 7. The molecule has 0 aliphatic carbocycles. The van der Waals surface area contributed by atoms with Crippen molar-refractivity contribution in [2.45, 2.75) is 51.5 Å². The molecular formula is C31H31ClF3N9O4. The zero-order valence-electron chi connectivity index (χ0n) is 26.3. The van der Waals surface area contributed by atoms with Crippen molar-refractivity contribution in [3.63, 3.8) is 0 Å². The molecular weight excluding hydrogens is 655 g/mol. The number of benzene rings is 1. The largest absolute Gasteiger partial charge is 0.504 e. The molecule has 5 heterocycles. The number of aryl methyl sites for hydroxylation is 1. The Morgan fingerprint density at radius 2 is 1.90 bits per heavy atom. The van der Waals surface area contributed by atoms with Crippen molar-refractivity contribution in [3.8, 4) is 5.75 Å². The monoisotopic (exact) mass is 685 g/mol. The van der Waals surface area contributed by atoms with E-state index < -0.39 is 23.6 Å². The van der Waals surface area contributed by atoms with Crippen LogP contribution < -0.4 is 20.5 Å². The zero-order valence-corrected chi connectivity index (χ0v) is 27.1. The number of anilines is 3. The van der Waals surface area contributed by atoms with Crippen LogP contribution in [0.3, 0.4) is 0 Å². The van der Waals surface area contributed by atoms with Gasteiger partial charge >= 0.3 is 6.18 Å². The molecule has 0 unspecified atom stereocenters. The average molecular weight is 686 g/mol. The fraction of sp³-hybridized carbons (Fsp3) is 0.387.